The summed E-state index contributed by atoms with van der Waals surface area (Å²) in [4.78, 5) is 16.8. The van der Waals surface area contributed by atoms with E-state index in [1.165, 1.54) is 0 Å². The van der Waals surface area contributed by atoms with Gasteiger partial charge in [0.25, 0.3) is 0 Å². The molecular formula is C18H20N2O. The summed E-state index contributed by atoms with van der Waals surface area (Å²) >= 11 is 0. The molecule has 3 heteroatoms. The number of ketones is 1. The predicted octanol–water partition coefficient (Wildman–Crippen LogP) is 3.99. The van der Waals surface area contributed by atoms with E-state index in [0.29, 0.717) is 12.2 Å². The summed E-state index contributed by atoms with van der Waals surface area (Å²) in [5.41, 5.74) is 1.98. The molecule has 3 rings (SSSR count). The van der Waals surface area contributed by atoms with Crippen LogP contribution in [0.4, 0.5) is 5.69 Å². The van der Waals surface area contributed by atoms with Crippen molar-refractivity contribution < 1.29 is 4.79 Å². The number of para-hydroxylation sites is 1. The van der Waals surface area contributed by atoms with Crippen LogP contribution >= 0.6 is 0 Å². The summed E-state index contributed by atoms with van der Waals surface area (Å²) in [6.07, 6.45) is 5.58. The van der Waals surface area contributed by atoms with Crippen molar-refractivity contribution in [1.29, 1.82) is 0 Å². The van der Waals surface area contributed by atoms with Crippen molar-refractivity contribution in [1.82, 2.24) is 4.98 Å². The Bertz CT molecular complexity index is 583. The molecule has 0 radical (unpaired) electrons. The van der Waals surface area contributed by atoms with Gasteiger partial charge in [-0.3, -0.25) is 9.78 Å². The number of hydrogen-bond donors (Lipinski definition) is 1. The van der Waals surface area contributed by atoms with Gasteiger partial charge in [0.2, 0.25) is 0 Å². The van der Waals surface area contributed by atoms with Gasteiger partial charge in [-0.1, -0.05) is 30.7 Å². The molecule has 2 aromatic rings. The highest BCUT2D eigenvalue weighted by molar-refractivity contribution is 5.83. The number of anilines is 1. The van der Waals surface area contributed by atoms with Crippen LogP contribution in [0.15, 0.2) is 54.7 Å². The Morgan fingerprint density at radius 1 is 1.05 bits per heavy atom. The van der Waals surface area contributed by atoms with Crippen molar-refractivity contribution in [3.05, 3.63) is 60.4 Å². The minimum absolute atomic E-state index is 0.0221. The molecule has 1 fully saturated rings. The molecule has 108 valence electrons. The van der Waals surface area contributed by atoms with Crippen molar-refractivity contribution in [3.63, 3.8) is 0 Å². The highest BCUT2D eigenvalue weighted by Crippen LogP contribution is 2.33. The first kappa shape index (κ1) is 13.8. The van der Waals surface area contributed by atoms with Crippen LogP contribution in [0.1, 0.15) is 37.4 Å². The second kappa shape index (κ2) is 6.53. The van der Waals surface area contributed by atoms with Crippen LogP contribution in [0.3, 0.4) is 0 Å². The third-order valence-electron chi connectivity index (χ3n) is 4.11. The second-order valence-electron chi connectivity index (χ2n) is 5.56. The van der Waals surface area contributed by atoms with Crippen molar-refractivity contribution >= 4 is 11.5 Å². The Kier molecular flexibility index (Phi) is 4.29. The summed E-state index contributed by atoms with van der Waals surface area (Å²) in [6.45, 7) is 0. The molecule has 0 saturated heterocycles. The van der Waals surface area contributed by atoms with E-state index < -0.39 is 0 Å². The zero-order chi connectivity index (χ0) is 14.5. The molecule has 1 aromatic carbocycles. The molecule has 0 bridgehead atoms. The van der Waals surface area contributed by atoms with Gasteiger partial charge < -0.3 is 5.32 Å². The Morgan fingerprint density at radius 2 is 1.86 bits per heavy atom. The molecule has 1 aliphatic rings. The lowest BCUT2D eigenvalue weighted by molar-refractivity contribution is -0.125. The standard InChI is InChI=1S/C18H20N2O/c21-17-12-5-4-10-15(17)18(16-11-6-7-13-19-16)20-14-8-2-1-3-9-14/h1-3,6-9,11,13,15,18,20H,4-5,10,12H2. The Balaban J connectivity index is 1.89. The summed E-state index contributed by atoms with van der Waals surface area (Å²) in [6, 6.07) is 15.9. The lowest BCUT2D eigenvalue weighted by Gasteiger charge is -2.30. The number of aromatic nitrogens is 1. The van der Waals surface area contributed by atoms with Gasteiger partial charge >= 0.3 is 0 Å². The van der Waals surface area contributed by atoms with E-state index in [-0.39, 0.29) is 12.0 Å². The lowest BCUT2D eigenvalue weighted by atomic mass is 9.81. The van der Waals surface area contributed by atoms with Gasteiger partial charge in [-0.2, -0.15) is 0 Å². The third-order valence-corrected chi connectivity index (χ3v) is 4.11. The molecule has 0 spiro atoms. The molecule has 1 heterocycles. The van der Waals surface area contributed by atoms with E-state index >= 15 is 0 Å². The molecular weight excluding hydrogens is 260 g/mol. The van der Waals surface area contributed by atoms with Gasteiger partial charge in [-0.25, -0.2) is 0 Å². The molecule has 21 heavy (non-hydrogen) atoms. The van der Waals surface area contributed by atoms with E-state index in [1.54, 1.807) is 6.20 Å². The van der Waals surface area contributed by atoms with E-state index in [1.807, 2.05) is 48.5 Å². The van der Waals surface area contributed by atoms with Gasteiger partial charge in [0, 0.05) is 24.2 Å². The van der Waals surface area contributed by atoms with E-state index in [9.17, 15) is 4.79 Å². The topological polar surface area (TPSA) is 42.0 Å². The van der Waals surface area contributed by atoms with Gasteiger partial charge in [0.1, 0.15) is 5.78 Å². The highest BCUT2D eigenvalue weighted by Gasteiger charge is 2.32. The number of nitrogens with zero attached hydrogens (tertiary/aromatic N) is 1. The van der Waals surface area contributed by atoms with Crippen LogP contribution in [-0.2, 0) is 4.79 Å². The number of carbonyl (C=O) groups is 1. The maximum Gasteiger partial charge on any atom is 0.138 e. The smallest absolute Gasteiger partial charge is 0.138 e. The normalized spacial score (nSPS) is 20.0. The Labute approximate surface area is 125 Å². The molecule has 0 aliphatic heterocycles. The van der Waals surface area contributed by atoms with Gasteiger partial charge in [-0.15, -0.1) is 0 Å². The van der Waals surface area contributed by atoms with Crippen molar-refractivity contribution in [2.45, 2.75) is 31.7 Å². The number of pyridine rings is 1. The number of Topliss-reactive ketones (excluding diaryl/α,β-unsaturated/α-hetero) is 1. The summed E-state index contributed by atoms with van der Waals surface area (Å²) < 4.78 is 0. The van der Waals surface area contributed by atoms with Crippen LogP contribution in [0.2, 0.25) is 0 Å². The minimum Gasteiger partial charge on any atom is -0.376 e. The highest BCUT2D eigenvalue weighted by atomic mass is 16.1. The zero-order valence-electron chi connectivity index (χ0n) is 12.0. The Morgan fingerprint density at radius 3 is 2.57 bits per heavy atom. The first-order valence-electron chi connectivity index (χ1n) is 7.60. The van der Waals surface area contributed by atoms with Gasteiger partial charge in [0.05, 0.1) is 11.7 Å². The molecule has 1 aliphatic carbocycles. The van der Waals surface area contributed by atoms with Crippen molar-refractivity contribution in [3.8, 4) is 0 Å². The first-order valence-corrected chi connectivity index (χ1v) is 7.60. The third kappa shape index (κ3) is 3.30. The average Bonchev–Trinajstić information content (AvgIpc) is 2.55. The zero-order valence-corrected chi connectivity index (χ0v) is 12.0. The van der Waals surface area contributed by atoms with Crippen molar-refractivity contribution in [2.75, 3.05) is 5.32 Å². The number of hydrogen-bond acceptors (Lipinski definition) is 3. The molecule has 1 saturated carbocycles. The van der Waals surface area contributed by atoms with E-state index in [2.05, 4.69) is 10.3 Å². The van der Waals surface area contributed by atoms with E-state index in [0.717, 1.165) is 30.6 Å². The monoisotopic (exact) mass is 280 g/mol. The lowest BCUT2D eigenvalue weighted by Crippen LogP contribution is -2.30. The second-order valence-corrected chi connectivity index (χ2v) is 5.56. The van der Waals surface area contributed by atoms with Gasteiger partial charge in [0.15, 0.2) is 0 Å². The van der Waals surface area contributed by atoms with Crippen LogP contribution in [0.5, 0.6) is 0 Å². The van der Waals surface area contributed by atoms with Gasteiger partial charge in [-0.05, 0) is 37.1 Å². The summed E-state index contributed by atoms with van der Waals surface area (Å²) in [7, 11) is 0. The molecule has 3 nitrogen and oxygen atoms in total. The average molecular weight is 280 g/mol. The summed E-state index contributed by atoms with van der Waals surface area (Å²) in [5.74, 6) is 0.384. The maximum absolute atomic E-state index is 12.3. The largest absolute Gasteiger partial charge is 0.376 e. The summed E-state index contributed by atoms with van der Waals surface area (Å²) in [5, 5.41) is 3.51. The molecule has 0 amide bonds. The van der Waals surface area contributed by atoms with Crippen LogP contribution in [0, 0.1) is 5.92 Å². The van der Waals surface area contributed by atoms with Crippen LogP contribution in [-0.4, -0.2) is 10.8 Å². The van der Waals surface area contributed by atoms with Crippen molar-refractivity contribution in [2.24, 2.45) is 5.92 Å². The number of carbonyl (C=O) groups excluding carboxylic acids is 1. The van der Waals surface area contributed by atoms with Crippen LogP contribution in [0.25, 0.3) is 0 Å². The maximum atomic E-state index is 12.3. The predicted molar refractivity (Wildman–Crippen MR) is 84.0 cm³/mol. The first-order chi connectivity index (χ1) is 10.3. The van der Waals surface area contributed by atoms with E-state index in [4.69, 9.17) is 0 Å². The molecule has 1 aromatic heterocycles. The fraction of sp³-hybridized carbons (Fsp3) is 0.333. The fourth-order valence-electron chi connectivity index (χ4n) is 3.02. The number of benzene rings is 1. The molecule has 1 N–H and O–H groups in total. The fourth-order valence-corrected chi connectivity index (χ4v) is 3.02. The van der Waals surface area contributed by atoms with Crippen LogP contribution < -0.4 is 5.32 Å². The quantitative estimate of drug-likeness (QED) is 0.920. The number of nitrogens with one attached hydrogen (secondary N) is 1. The SMILES string of the molecule is O=C1CCCCC1C(Nc1ccccc1)c1ccccn1. The minimum atomic E-state index is -0.0404. The Hall–Kier alpha value is -2.16. The molecule has 2 unspecified atom stereocenters. The molecule has 2 atom stereocenters. The number of rotatable bonds is 4.